The van der Waals surface area contributed by atoms with Crippen molar-refractivity contribution in [3.05, 3.63) is 90.3 Å². The second kappa shape index (κ2) is 19.1. The molecule has 4 amide bonds. The van der Waals surface area contributed by atoms with Gasteiger partial charge in [-0.3, -0.25) is 34.3 Å². The molecule has 3 aromatic carbocycles. The Labute approximate surface area is 350 Å². The number of nitrogens with zero attached hydrogens (tertiary/aromatic N) is 6. The van der Waals surface area contributed by atoms with Gasteiger partial charge in [0, 0.05) is 35.7 Å². The van der Waals surface area contributed by atoms with Crippen LogP contribution in [0.2, 0.25) is 0 Å². The molecule has 3 aliphatic heterocycles. The summed E-state index contributed by atoms with van der Waals surface area (Å²) in [6.45, 7) is 5.27. The first-order valence-electron chi connectivity index (χ1n) is 20.1. The van der Waals surface area contributed by atoms with E-state index in [0.717, 1.165) is 71.2 Å². The molecular formula is C43H46N8O8S. The normalized spacial score (nSPS) is 18.3. The third-order valence-corrected chi connectivity index (χ3v) is 11.7. The highest BCUT2D eigenvalue weighted by Crippen LogP contribution is 2.36. The number of nitrogens with one attached hydrogen (secondary N) is 1. The SMILES string of the molecule is Nc1ncnc2c1c(-c1ccc(Oc3ccccc3)cc1)nn2[C@@H]1CCCN(CCOCCOCCOCCSc2cccc3c2C(=O)N(C2CCC(=O)NC2=O)C3=O)C1. The molecule has 2 atom stereocenters. The van der Waals surface area contributed by atoms with Gasteiger partial charge in [-0.1, -0.05) is 24.3 Å². The number of ether oxygens (including phenoxy) is 4. The molecule has 312 valence electrons. The van der Waals surface area contributed by atoms with Crippen LogP contribution in [0.3, 0.4) is 0 Å². The highest BCUT2D eigenvalue weighted by Gasteiger charge is 2.45. The summed E-state index contributed by atoms with van der Waals surface area (Å²) in [5.41, 5.74) is 9.33. The molecule has 2 fully saturated rings. The Bertz CT molecular complexity index is 2340. The van der Waals surface area contributed by atoms with E-state index in [1.54, 1.807) is 18.2 Å². The van der Waals surface area contributed by atoms with Gasteiger partial charge in [0.05, 0.1) is 62.2 Å². The van der Waals surface area contributed by atoms with Crippen molar-refractivity contribution in [3.8, 4) is 22.8 Å². The standard InChI is InChI=1S/C43H46N8O8S/c44-39-37-38(28-11-13-31(14-12-28)59-30-7-2-1-3-8-30)48-51(40(37)46-27-45-39)29-6-5-17-49(26-29)18-19-56-20-21-57-22-23-58-24-25-60-34-10-4-9-32-36(34)43(55)50(42(32)54)33-15-16-35(52)47-41(33)53/h1-4,7-14,27,29,33H,5-6,15-26H2,(H2,44,45,46)(H,47,52,53)/t29-,33?/m1/s1. The maximum Gasteiger partial charge on any atom is 0.263 e. The van der Waals surface area contributed by atoms with Gasteiger partial charge in [-0.05, 0) is 74.3 Å². The summed E-state index contributed by atoms with van der Waals surface area (Å²) in [7, 11) is 0. The van der Waals surface area contributed by atoms with E-state index in [4.69, 9.17) is 29.8 Å². The third kappa shape index (κ3) is 9.19. The minimum absolute atomic E-state index is 0.0748. The van der Waals surface area contributed by atoms with E-state index in [-0.39, 0.29) is 30.0 Å². The van der Waals surface area contributed by atoms with Crippen LogP contribution in [0.1, 0.15) is 52.4 Å². The first-order chi connectivity index (χ1) is 29.4. The topological polar surface area (TPSA) is 193 Å². The van der Waals surface area contributed by atoms with E-state index in [2.05, 4.69) is 20.2 Å². The molecule has 60 heavy (non-hydrogen) atoms. The molecule has 17 heteroatoms. The highest BCUT2D eigenvalue weighted by molar-refractivity contribution is 7.99. The lowest BCUT2D eigenvalue weighted by atomic mass is 10.0. The van der Waals surface area contributed by atoms with Crippen molar-refractivity contribution in [2.75, 3.05) is 70.8 Å². The van der Waals surface area contributed by atoms with Crippen LogP contribution < -0.4 is 15.8 Å². The van der Waals surface area contributed by atoms with Crippen LogP contribution in [0, 0.1) is 0 Å². The lowest BCUT2D eigenvalue weighted by molar-refractivity contribution is -0.136. The Morgan fingerprint density at radius 2 is 1.55 bits per heavy atom. The fourth-order valence-corrected chi connectivity index (χ4v) is 8.68. The van der Waals surface area contributed by atoms with Gasteiger partial charge in [0.1, 0.15) is 35.4 Å². The molecule has 0 bridgehead atoms. The summed E-state index contributed by atoms with van der Waals surface area (Å²) in [6, 6.07) is 21.7. The molecule has 0 saturated carbocycles. The predicted molar refractivity (Wildman–Crippen MR) is 223 cm³/mol. The number of imide groups is 2. The average molecular weight is 835 g/mol. The Morgan fingerprint density at radius 1 is 0.800 bits per heavy atom. The van der Waals surface area contributed by atoms with Crippen LogP contribution in [0.4, 0.5) is 5.82 Å². The van der Waals surface area contributed by atoms with Gasteiger partial charge in [-0.2, -0.15) is 5.10 Å². The van der Waals surface area contributed by atoms with Gasteiger partial charge in [-0.25, -0.2) is 14.6 Å². The summed E-state index contributed by atoms with van der Waals surface area (Å²) >= 11 is 1.41. The molecule has 2 aromatic heterocycles. The first kappa shape index (κ1) is 41.0. The number of aromatic nitrogens is 4. The quantitative estimate of drug-likeness (QED) is 0.0698. The minimum Gasteiger partial charge on any atom is -0.457 e. The van der Waals surface area contributed by atoms with Gasteiger partial charge >= 0.3 is 0 Å². The fourth-order valence-electron chi connectivity index (χ4n) is 7.74. The summed E-state index contributed by atoms with van der Waals surface area (Å²) in [4.78, 5) is 63.3. The molecule has 5 heterocycles. The maximum atomic E-state index is 13.3. The second-order valence-corrected chi connectivity index (χ2v) is 15.7. The zero-order chi connectivity index (χ0) is 41.4. The van der Waals surface area contributed by atoms with Crippen molar-refractivity contribution in [2.45, 2.75) is 42.7 Å². The van der Waals surface area contributed by atoms with E-state index in [9.17, 15) is 19.2 Å². The third-order valence-electron chi connectivity index (χ3n) is 10.7. The number of anilines is 1. The fraction of sp³-hybridized carbons (Fsp3) is 0.372. The molecule has 0 spiro atoms. The molecule has 1 unspecified atom stereocenters. The van der Waals surface area contributed by atoms with Gasteiger partial charge in [0.15, 0.2) is 5.65 Å². The molecule has 0 aliphatic carbocycles. The number of thioether (sulfide) groups is 1. The summed E-state index contributed by atoms with van der Waals surface area (Å²) in [6.07, 6.45) is 3.67. The lowest BCUT2D eigenvalue weighted by Crippen LogP contribution is -2.54. The first-order valence-corrected chi connectivity index (χ1v) is 21.1. The number of hydrogen-bond acceptors (Lipinski definition) is 14. The number of amides is 4. The number of likely N-dealkylation sites (tertiary alicyclic amines) is 1. The van der Waals surface area contributed by atoms with Gasteiger partial charge in [0.2, 0.25) is 11.8 Å². The molecule has 3 aliphatic rings. The van der Waals surface area contributed by atoms with Crippen LogP contribution in [-0.4, -0.2) is 124 Å². The number of nitrogens with two attached hydrogens (primary N) is 1. The zero-order valence-corrected chi connectivity index (χ0v) is 33.8. The van der Waals surface area contributed by atoms with Crippen LogP contribution in [0.25, 0.3) is 22.3 Å². The number of nitrogen functional groups attached to an aromatic ring is 1. The van der Waals surface area contributed by atoms with Crippen molar-refractivity contribution in [1.29, 1.82) is 0 Å². The number of piperidine rings is 2. The van der Waals surface area contributed by atoms with Gasteiger partial charge < -0.3 is 24.7 Å². The van der Waals surface area contributed by atoms with Crippen LogP contribution in [0.5, 0.6) is 11.5 Å². The highest BCUT2D eigenvalue weighted by atomic mass is 32.2. The number of carbonyl (C=O) groups is 4. The van der Waals surface area contributed by atoms with Crippen molar-refractivity contribution in [2.24, 2.45) is 0 Å². The number of para-hydroxylation sites is 1. The Hall–Kier alpha value is -5.72. The number of carbonyl (C=O) groups excluding carboxylic acids is 4. The molecule has 5 aromatic rings. The van der Waals surface area contributed by atoms with E-state index in [1.165, 1.54) is 18.1 Å². The summed E-state index contributed by atoms with van der Waals surface area (Å²) < 4.78 is 25.3. The van der Waals surface area contributed by atoms with E-state index < -0.39 is 29.7 Å². The molecule has 2 saturated heterocycles. The monoisotopic (exact) mass is 834 g/mol. The van der Waals surface area contributed by atoms with E-state index in [0.29, 0.717) is 56.1 Å². The molecule has 16 nitrogen and oxygen atoms in total. The number of hydrogen-bond donors (Lipinski definition) is 2. The van der Waals surface area contributed by atoms with Crippen molar-refractivity contribution < 1.29 is 38.1 Å². The van der Waals surface area contributed by atoms with E-state index >= 15 is 0 Å². The maximum absolute atomic E-state index is 13.3. The van der Waals surface area contributed by atoms with Crippen LogP contribution in [0.15, 0.2) is 84.0 Å². The summed E-state index contributed by atoms with van der Waals surface area (Å²) in [5.74, 6) is 0.369. The second-order valence-electron chi connectivity index (χ2n) is 14.6. The van der Waals surface area contributed by atoms with Crippen molar-refractivity contribution in [3.63, 3.8) is 0 Å². The molecule has 3 N–H and O–H groups in total. The van der Waals surface area contributed by atoms with Gasteiger partial charge in [0.25, 0.3) is 11.8 Å². The van der Waals surface area contributed by atoms with Gasteiger partial charge in [-0.15, -0.1) is 11.8 Å². The zero-order valence-electron chi connectivity index (χ0n) is 33.0. The van der Waals surface area contributed by atoms with Crippen molar-refractivity contribution >= 4 is 52.2 Å². The molecule has 0 radical (unpaired) electrons. The molecular weight excluding hydrogens is 789 g/mol. The largest absolute Gasteiger partial charge is 0.457 e. The number of benzene rings is 3. The number of fused-ring (bicyclic) bond motifs is 2. The van der Waals surface area contributed by atoms with Crippen molar-refractivity contribution in [1.82, 2.24) is 34.9 Å². The number of rotatable bonds is 18. The van der Waals surface area contributed by atoms with E-state index in [1.807, 2.05) is 59.3 Å². The lowest BCUT2D eigenvalue weighted by Gasteiger charge is -2.32. The van der Waals surface area contributed by atoms with Crippen LogP contribution >= 0.6 is 11.8 Å². The summed E-state index contributed by atoms with van der Waals surface area (Å²) in [5, 5.41) is 8.03. The molecule has 8 rings (SSSR count). The minimum atomic E-state index is -0.996. The predicted octanol–water partition coefficient (Wildman–Crippen LogP) is 4.75. The Morgan fingerprint density at radius 3 is 2.33 bits per heavy atom. The smallest absolute Gasteiger partial charge is 0.263 e. The Balaban J connectivity index is 0.732. The van der Waals surface area contributed by atoms with Crippen LogP contribution in [-0.2, 0) is 23.8 Å². The average Bonchev–Trinajstić information content (AvgIpc) is 3.78. The Kier molecular flexibility index (Phi) is 13.1.